The van der Waals surface area contributed by atoms with Gasteiger partial charge in [-0.3, -0.25) is 4.79 Å². The maximum atomic E-state index is 12.5. The Bertz CT molecular complexity index is 1510. The molecule has 5 rings (SSSR count). The second-order valence-electron chi connectivity index (χ2n) is 8.56. The van der Waals surface area contributed by atoms with Crippen LogP contribution in [0.25, 0.3) is 33.3 Å². The van der Waals surface area contributed by atoms with E-state index < -0.39 is 0 Å². The van der Waals surface area contributed by atoms with Gasteiger partial charge in [0.15, 0.2) is 12.2 Å². The van der Waals surface area contributed by atoms with Crippen molar-refractivity contribution in [2.45, 2.75) is 26.2 Å². The fourth-order valence-electron chi connectivity index (χ4n) is 4.05. The standard InChI is InChI=1S/C29H25ClN2O3/c1-3-18(2)19-10-13-21(14-11-19)34-17-28(33)31-20-12-15-27-26(16-20)32-29(35-27)24-8-4-7-23-22(24)6-5-9-25(23)30/h4-16,18H,3,17H2,1-2H3,(H,31,33)/t18-/m1/s1. The van der Waals surface area contributed by atoms with Gasteiger partial charge in [-0.2, -0.15) is 0 Å². The summed E-state index contributed by atoms with van der Waals surface area (Å²) in [6.07, 6.45) is 1.08. The monoisotopic (exact) mass is 484 g/mol. The molecule has 0 aliphatic rings. The average Bonchev–Trinajstić information content (AvgIpc) is 3.30. The summed E-state index contributed by atoms with van der Waals surface area (Å²) in [6, 6.07) is 24.9. The number of oxazole rings is 1. The van der Waals surface area contributed by atoms with Crippen molar-refractivity contribution in [2.75, 3.05) is 11.9 Å². The molecule has 5 nitrogen and oxygen atoms in total. The molecule has 0 fully saturated rings. The van der Waals surface area contributed by atoms with Crippen LogP contribution in [-0.2, 0) is 4.79 Å². The molecule has 0 aliphatic carbocycles. The minimum absolute atomic E-state index is 0.0818. The first-order chi connectivity index (χ1) is 17.0. The Hall–Kier alpha value is -3.83. The van der Waals surface area contributed by atoms with Gasteiger partial charge in [-0.25, -0.2) is 4.98 Å². The van der Waals surface area contributed by atoms with E-state index >= 15 is 0 Å². The van der Waals surface area contributed by atoms with Crippen molar-refractivity contribution in [3.05, 3.63) is 89.4 Å². The van der Waals surface area contributed by atoms with Crippen LogP contribution in [0.1, 0.15) is 31.7 Å². The van der Waals surface area contributed by atoms with Gasteiger partial charge in [0, 0.05) is 21.7 Å². The Balaban J connectivity index is 1.29. The summed E-state index contributed by atoms with van der Waals surface area (Å²) in [6.45, 7) is 4.27. The molecule has 1 aromatic heterocycles. The van der Waals surface area contributed by atoms with Crippen molar-refractivity contribution in [3.63, 3.8) is 0 Å². The van der Waals surface area contributed by atoms with Gasteiger partial charge in [-0.05, 0) is 65.8 Å². The summed E-state index contributed by atoms with van der Waals surface area (Å²) in [5, 5.41) is 5.45. The van der Waals surface area contributed by atoms with Crippen LogP contribution in [0, 0.1) is 0 Å². The summed E-state index contributed by atoms with van der Waals surface area (Å²) in [4.78, 5) is 17.1. The molecule has 35 heavy (non-hydrogen) atoms. The molecule has 0 bridgehead atoms. The lowest BCUT2D eigenvalue weighted by atomic mass is 9.99. The van der Waals surface area contributed by atoms with Gasteiger partial charge in [-0.1, -0.05) is 61.8 Å². The predicted octanol–water partition coefficient (Wildman–Crippen LogP) is 7.83. The van der Waals surface area contributed by atoms with E-state index in [2.05, 4.69) is 24.1 Å². The van der Waals surface area contributed by atoms with Crippen molar-refractivity contribution in [3.8, 4) is 17.2 Å². The van der Waals surface area contributed by atoms with Crippen LogP contribution in [0.5, 0.6) is 5.75 Å². The molecule has 6 heteroatoms. The number of hydrogen-bond donors (Lipinski definition) is 1. The summed E-state index contributed by atoms with van der Waals surface area (Å²) < 4.78 is 11.7. The third-order valence-corrected chi connectivity index (χ3v) is 6.53. The van der Waals surface area contributed by atoms with Gasteiger partial charge in [0.2, 0.25) is 5.89 Å². The fourth-order valence-corrected chi connectivity index (χ4v) is 4.29. The molecular weight excluding hydrogens is 460 g/mol. The molecule has 1 N–H and O–H groups in total. The summed E-state index contributed by atoms with van der Waals surface area (Å²) in [5.41, 5.74) is 4.03. The predicted molar refractivity (Wildman–Crippen MR) is 141 cm³/mol. The number of aromatic nitrogens is 1. The van der Waals surface area contributed by atoms with Gasteiger partial charge in [0.1, 0.15) is 11.3 Å². The van der Waals surface area contributed by atoms with E-state index in [4.69, 9.17) is 20.8 Å². The number of amides is 1. The lowest BCUT2D eigenvalue weighted by Crippen LogP contribution is -2.20. The van der Waals surface area contributed by atoms with Crippen LogP contribution in [0.3, 0.4) is 0 Å². The Labute approximate surface area is 208 Å². The number of anilines is 1. The van der Waals surface area contributed by atoms with Crippen LogP contribution < -0.4 is 10.1 Å². The van der Waals surface area contributed by atoms with Gasteiger partial charge in [0.05, 0.1) is 0 Å². The van der Waals surface area contributed by atoms with Gasteiger partial charge in [-0.15, -0.1) is 0 Å². The van der Waals surface area contributed by atoms with Crippen LogP contribution in [0.4, 0.5) is 5.69 Å². The Kier molecular flexibility index (Phi) is 6.43. The Morgan fingerprint density at radius 1 is 1.03 bits per heavy atom. The molecule has 0 aliphatic heterocycles. The second kappa shape index (κ2) is 9.80. The highest BCUT2D eigenvalue weighted by Crippen LogP contribution is 2.34. The molecule has 5 aromatic rings. The number of nitrogens with zero attached hydrogens (tertiary/aromatic N) is 1. The largest absolute Gasteiger partial charge is 0.484 e. The third kappa shape index (κ3) is 4.86. The lowest BCUT2D eigenvalue weighted by Gasteiger charge is -2.11. The molecule has 0 saturated carbocycles. The van der Waals surface area contributed by atoms with Crippen LogP contribution >= 0.6 is 11.6 Å². The number of benzene rings is 4. The Morgan fingerprint density at radius 3 is 2.60 bits per heavy atom. The quantitative estimate of drug-likeness (QED) is 0.255. The molecular formula is C29H25ClN2O3. The molecule has 0 unspecified atom stereocenters. The van der Waals surface area contributed by atoms with Gasteiger partial charge >= 0.3 is 0 Å². The van der Waals surface area contributed by atoms with E-state index in [0.717, 1.165) is 22.8 Å². The van der Waals surface area contributed by atoms with Crippen molar-refractivity contribution in [2.24, 2.45) is 0 Å². The summed E-state index contributed by atoms with van der Waals surface area (Å²) >= 11 is 6.35. The number of fused-ring (bicyclic) bond motifs is 2. The fraction of sp³-hybridized carbons (Fsp3) is 0.172. The van der Waals surface area contributed by atoms with Gasteiger partial charge < -0.3 is 14.5 Å². The molecule has 1 atom stereocenters. The summed E-state index contributed by atoms with van der Waals surface area (Å²) in [7, 11) is 0. The molecule has 0 saturated heterocycles. The van der Waals surface area contributed by atoms with E-state index in [1.165, 1.54) is 5.56 Å². The Morgan fingerprint density at radius 2 is 1.80 bits per heavy atom. The zero-order valence-electron chi connectivity index (χ0n) is 19.5. The number of carbonyl (C=O) groups is 1. The smallest absolute Gasteiger partial charge is 0.262 e. The van der Waals surface area contributed by atoms with Crippen molar-refractivity contribution < 1.29 is 13.9 Å². The number of hydrogen-bond acceptors (Lipinski definition) is 4. The molecule has 176 valence electrons. The van der Waals surface area contributed by atoms with E-state index in [9.17, 15) is 4.79 Å². The van der Waals surface area contributed by atoms with E-state index in [1.807, 2.05) is 60.7 Å². The number of carbonyl (C=O) groups excluding carboxylic acids is 1. The van der Waals surface area contributed by atoms with Crippen LogP contribution in [0.15, 0.2) is 83.3 Å². The van der Waals surface area contributed by atoms with E-state index in [0.29, 0.717) is 39.4 Å². The number of halogens is 1. The highest BCUT2D eigenvalue weighted by atomic mass is 35.5. The van der Waals surface area contributed by atoms with Crippen molar-refractivity contribution in [1.82, 2.24) is 4.98 Å². The average molecular weight is 485 g/mol. The molecule has 0 radical (unpaired) electrons. The van der Waals surface area contributed by atoms with E-state index in [-0.39, 0.29) is 12.5 Å². The first-order valence-corrected chi connectivity index (χ1v) is 12.0. The highest BCUT2D eigenvalue weighted by molar-refractivity contribution is 6.35. The first kappa shape index (κ1) is 22.9. The zero-order chi connectivity index (χ0) is 24.4. The molecule has 4 aromatic carbocycles. The van der Waals surface area contributed by atoms with Gasteiger partial charge in [0.25, 0.3) is 5.91 Å². The molecule has 0 spiro atoms. The normalized spacial score (nSPS) is 12.1. The summed E-state index contributed by atoms with van der Waals surface area (Å²) in [5.74, 6) is 1.42. The third-order valence-electron chi connectivity index (χ3n) is 6.20. The first-order valence-electron chi connectivity index (χ1n) is 11.6. The highest BCUT2D eigenvalue weighted by Gasteiger charge is 2.14. The molecule has 1 amide bonds. The topological polar surface area (TPSA) is 64.4 Å². The van der Waals surface area contributed by atoms with E-state index in [1.54, 1.807) is 18.2 Å². The zero-order valence-corrected chi connectivity index (χ0v) is 20.3. The number of rotatable bonds is 7. The number of ether oxygens (including phenoxy) is 1. The lowest BCUT2D eigenvalue weighted by molar-refractivity contribution is -0.118. The van der Waals surface area contributed by atoms with Crippen molar-refractivity contribution >= 4 is 45.1 Å². The van der Waals surface area contributed by atoms with Crippen molar-refractivity contribution in [1.29, 1.82) is 0 Å². The molecule has 1 heterocycles. The minimum atomic E-state index is -0.247. The number of nitrogens with one attached hydrogen (secondary N) is 1. The minimum Gasteiger partial charge on any atom is -0.484 e. The van der Waals surface area contributed by atoms with Crippen LogP contribution in [-0.4, -0.2) is 17.5 Å². The van der Waals surface area contributed by atoms with Crippen LogP contribution in [0.2, 0.25) is 5.02 Å². The maximum absolute atomic E-state index is 12.5. The second-order valence-corrected chi connectivity index (χ2v) is 8.96. The maximum Gasteiger partial charge on any atom is 0.262 e. The SMILES string of the molecule is CC[C@@H](C)c1ccc(OCC(=O)Nc2ccc3oc(-c4cccc5c(Cl)cccc45)nc3c2)cc1.